The second kappa shape index (κ2) is 6.91. The topological polar surface area (TPSA) is 54.6 Å². The fourth-order valence-corrected chi connectivity index (χ4v) is 3.95. The number of hydrogen-bond donors (Lipinski definition) is 0. The summed E-state index contributed by atoms with van der Waals surface area (Å²) in [5.74, 6) is 0.814. The van der Waals surface area contributed by atoms with Crippen LogP contribution in [0.3, 0.4) is 0 Å². The van der Waals surface area contributed by atoms with E-state index in [0.717, 1.165) is 51.9 Å². The lowest BCUT2D eigenvalue weighted by Gasteiger charge is -2.43. The Morgan fingerprint density at radius 3 is 2.92 bits per heavy atom. The van der Waals surface area contributed by atoms with Gasteiger partial charge in [-0.15, -0.1) is 0 Å². The molecule has 1 spiro atoms. The van der Waals surface area contributed by atoms with Gasteiger partial charge in [-0.2, -0.15) is 0 Å². The minimum atomic E-state index is 0.150. The minimum absolute atomic E-state index is 0.150. The lowest BCUT2D eigenvalue weighted by atomic mass is 9.80. The smallest absolute Gasteiger partial charge is 0.225 e. The number of nitrogens with zero attached hydrogens (tertiary/aromatic N) is 4. The Hall–Kier alpha value is -1.92. The molecule has 2 saturated heterocycles. The van der Waals surface area contributed by atoms with Crippen molar-refractivity contribution >= 4 is 5.95 Å². The van der Waals surface area contributed by atoms with E-state index in [1.165, 1.54) is 18.4 Å². The molecule has 2 aromatic heterocycles. The summed E-state index contributed by atoms with van der Waals surface area (Å²) in [6.45, 7) is 6.49. The van der Waals surface area contributed by atoms with E-state index in [4.69, 9.17) is 9.15 Å². The number of rotatable bonds is 3. The van der Waals surface area contributed by atoms with Crippen LogP contribution in [0.5, 0.6) is 0 Å². The first-order chi connectivity index (χ1) is 11.8. The molecule has 0 aliphatic carbocycles. The summed E-state index contributed by atoms with van der Waals surface area (Å²) >= 11 is 0. The zero-order valence-electron chi connectivity index (χ0n) is 13.9. The van der Waals surface area contributed by atoms with Gasteiger partial charge in [0.15, 0.2) is 0 Å². The molecule has 4 rings (SSSR count). The van der Waals surface area contributed by atoms with Gasteiger partial charge in [0, 0.05) is 49.6 Å². The van der Waals surface area contributed by atoms with E-state index in [0.29, 0.717) is 0 Å². The first-order valence-electron chi connectivity index (χ1n) is 8.66. The fraction of sp³-hybridized carbons (Fsp3) is 0.556. The molecule has 2 aromatic rings. The molecule has 2 fully saturated rings. The van der Waals surface area contributed by atoms with Gasteiger partial charge >= 0.3 is 0 Å². The normalized spacial score (nSPS) is 25.8. The molecule has 0 saturated carbocycles. The van der Waals surface area contributed by atoms with Crippen molar-refractivity contribution in [2.75, 3.05) is 44.3 Å². The third-order valence-electron chi connectivity index (χ3n) is 5.00. The van der Waals surface area contributed by atoms with Crippen molar-refractivity contribution < 1.29 is 9.15 Å². The second-order valence-electron chi connectivity index (χ2n) is 6.97. The molecule has 2 aliphatic heterocycles. The van der Waals surface area contributed by atoms with Gasteiger partial charge in [0.2, 0.25) is 5.95 Å². The maximum absolute atomic E-state index is 5.98. The molecule has 2 aliphatic rings. The average molecular weight is 328 g/mol. The van der Waals surface area contributed by atoms with Crippen molar-refractivity contribution in [3.63, 3.8) is 0 Å². The van der Waals surface area contributed by atoms with Crippen molar-refractivity contribution in [3.05, 3.63) is 42.6 Å². The molecule has 0 aromatic carbocycles. The van der Waals surface area contributed by atoms with E-state index >= 15 is 0 Å². The van der Waals surface area contributed by atoms with Crippen LogP contribution in [0.15, 0.2) is 41.5 Å². The summed E-state index contributed by atoms with van der Waals surface area (Å²) in [6.07, 6.45) is 9.61. The van der Waals surface area contributed by atoms with E-state index in [-0.39, 0.29) is 5.41 Å². The summed E-state index contributed by atoms with van der Waals surface area (Å²) in [5, 5.41) is 0. The average Bonchev–Trinajstić information content (AvgIpc) is 3.03. The summed E-state index contributed by atoms with van der Waals surface area (Å²) < 4.78 is 11.2. The number of furan rings is 1. The van der Waals surface area contributed by atoms with Gasteiger partial charge in [0.05, 0.1) is 25.7 Å². The van der Waals surface area contributed by atoms with Gasteiger partial charge in [-0.1, -0.05) is 0 Å². The van der Waals surface area contributed by atoms with Crippen molar-refractivity contribution in [2.45, 2.75) is 19.4 Å². The number of likely N-dealkylation sites (tertiary alicyclic amines) is 1. The quantitative estimate of drug-likeness (QED) is 0.861. The Bertz CT molecular complexity index is 634. The van der Waals surface area contributed by atoms with Crippen molar-refractivity contribution in [2.24, 2.45) is 5.41 Å². The van der Waals surface area contributed by atoms with Crippen LogP contribution >= 0.6 is 0 Å². The van der Waals surface area contributed by atoms with Crippen LogP contribution in [0, 0.1) is 5.41 Å². The zero-order chi connectivity index (χ0) is 16.2. The number of aromatic nitrogens is 2. The molecular weight excluding hydrogens is 304 g/mol. The van der Waals surface area contributed by atoms with Crippen molar-refractivity contribution in [1.29, 1.82) is 0 Å². The highest BCUT2D eigenvalue weighted by Crippen LogP contribution is 2.34. The highest BCUT2D eigenvalue weighted by atomic mass is 16.5. The van der Waals surface area contributed by atoms with E-state index in [1.807, 2.05) is 24.7 Å². The van der Waals surface area contributed by atoms with Crippen molar-refractivity contribution in [1.82, 2.24) is 14.9 Å². The molecule has 128 valence electrons. The number of hydrogen-bond acceptors (Lipinski definition) is 6. The van der Waals surface area contributed by atoms with E-state index in [1.54, 1.807) is 6.26 Å². The molecule has 0 amide bonds. The van der Waals surface area contributed by atoms with Gasteiger partial charge in [-0.05, 0) is 31.5 Å². The zero-order valence-corrected chi connectivity index (χ0v) is 13.9. The van der Waals surface area contributed by atoms with Gasteiger partial charge in [-0.25, -0.2) is 9.97 Å². The van der Waals surface area contributed by atoms with Crippen LogP contribution < -0.4 is 4.90 Å². The molecule has 0 bridgehead atoms. The van der Waals surface area contributed by atoms with Crippen molar-refractivity contribution in [3.8, 4) is 0 Å². The SMILES string of the molecule is c1cnc(N2CCOC[C@@]3(CCCN(Cc4ccoc4)C3)C2)nc1. The molecular formula is C18H24N4O2. The molecule has 0 unspecified atom stereocenters. The van der Waals surface area contributed by atoms with Crippen LogP contribution in [-0.2, 0) is 11.3 Å². The Morgan fingerprint density at radius 1 is 1.17 bits per heavy atom. The number of anilines is 1. The molecule has 4 heterocycles. The minimum Gasteiger partial charge on any atom is -0.472 e. The Labute approximate surface area is 142 Å². The van der Waals surface area contributed by atoms with Gasteiger partial charge < -0.3 is 14.1 Å². The Balaban J connectivity index is 1.49. The van der Waals surface area contributed by atoms with E-state index in [2.05, 4.69) is 25.8 Å². The maximum Gasteiger partial charge on any atom is 0.225 e. The molecule has 0 radical (unpaired) electrons. The fourth-order valence-electron chi connectivity index (χ4n) is 3.95. The van der Waals surface area contributed by atoms with E-state index in [9.17, 15) is 0 Å². The molecule has 0 N–H and O–H groups in total. The van der Waals surface area contributed by atoms with Gasteiger partial charge in [0.1, 0.15) is 0 Å². The summed E-state index contributed by atoms with van der Waals surface area (Å²) in [6, 6.07) is 3.91. The highest BCUT2D eigenvalue weighted by molar-refractivity contribution is 5.29. The van der Waals surface area contributed by atoms with Crippen LogP contribution in [0.25, 0.3) is 0 Å². The van der Waals surface area contributed by atoms with Crippen LogP contribution in [0.4, 0.5) is 5.95 Å². The standard InChI is InChI=1S/C18H24N4O2/c1-4-18(13-21(7-1)11-16-3-9-23-12-16)14-22(8-10-24-15-18)17-19-5-2-6-20-17/h2-3,5-6,9,12H,1,4,7-8,10-11,13-15H2/t18-/m1/s1. The predicted octanol–water partition coefficient (Wildman–Crippen LogP) is 2.19. The lowest BCUT2D eigenvalue weighted by Crippen LogP contribution is -2.50. The number of piperidine rings is 1. The maximum atomic E-state index is 5.98. The van der Waals surface area contributed by atoms with Crippen LogP contribution in [-0.4, -0.2) is 54.3 Å². The summed E-state index contributed by atoms with van der Waals surface area (Å²) in [7, 11) is 0. The highest BCUT2D eigenvalue weighted by Gasteiger charge is 2.39. The predicted molar refractivity (Wildman–Crippen MR) is 90.7 cm³/mol. The summed E-state index contributed by atoms with van der Waals surface area (Å²) in [4.78, 5) is 13.7. The van der Waals surface area contributed by atoms with Crippen LogP contribution in [0.1, 0.15) is 18.4 Å². The Kier molecular flexibility index (Phi) is 4.49. The monoisotopic (exact) mass is 328 g/mol. The lowest BCUT2D eigenvalue weighted by molar-refractivity contribution is 0.0106. The Morgan fingerprint density at radius 2 is 2.08 bits per heavy atom. The first-order valence-corrected chi connectivity index (χ1v) is 8.66. The third-order valence-corrected chi connectivity index (χ3v) is 5.00. The summed E-state index contributed by atoms with van der Waals surface area (Å²) in [5.41, 5.74) is 1.39. The molecule has 24 heavy (non-hydrogen) atoms. The molecule has 6 nitrogen and oxygen atoms in total. The number of ether oxygens (including phenoxy) is 1. The van der Waals surface area contributed by atoms with Gasteiger partial charge in [-0.3, -0.25) is 4.90 Å². The van der Waals surface area contributed by atoms with Gasteiger partial charge in [0.25, 0.3) is 0 Å². The molecule has 1 atom stereocenters. The first kappa shape index (κ1) is 15.6. The van der Waals surface area contributed by atoms with E-state index < -0.39 is 0 Å². The third kappa shape index (κ3) is 3.44. The largest absolute Gasteiger partial charge is 0.472 e. The second-order valence-corrected chi connectivity index (χ2v) is 6.97. The molecule has 6 heteroatoms. The van der Waals surface area contributed by atoms with Crippen LogP contribution in [0.2, 0.25) is 0 Å².